The molecular weight excluding hydrogens is 216 g/mol. The summed E-state index contributed by atoms with van der Waals surface area (Å²) in [6, 6.07) is 8.39. The third-order valence-electron chi connectivity index (χ3n) is 3.19. The van der Waals surface area contributed by atoms with Crippen LogP contribution in [0, 0.1) is 0 Å². The van der Waals surface area contributed by atoms with E-state index in [0.717, 1.165) is 32.1 Å². The maximum atomic E-state index is 5.90. The predicted octanol–water partition coefficient (Wildman–Crippen LogP) is 1.03. The average Bonchev–Trinajstić information content (AvgIpc) is 2.41. The monoisotopic (exact) mass is 236 g/mol. The molecule has 1 unspecified atom stereocenters. The molecule has 1 aromatic rings. The van der Waals surface area contributed by atoms with Gasteiger partial charge < -0.3 is 15.2 Å². The minimum Gasteiger partial charge on any atom is -0.497 e. The first-order valence-corrected chi connectivity index (χ1v) is 6.01. The minimum absolute atomic E-state index is 0.258. The van der Waals surface area contributed by atoms with Crippen molar-refractivity contribution in [2.45, 2.75) is 6.04 Å². The highest BCUT2D eigenvalue weighted by atomic mass is 16.5. The van der Waals surface area contributed by atoms with Crippen LogP contribution in [0.4, 0.5) is 0 Å². The van der Waals surface area contributed by atoms with Crippen molar-refractivity contribution in [2.24, 2.45) is 5.73 Å². The molecule has 4 heteroatoms. The highest BCUT2D eigenvalue weighted by Gasteiger charge is 2.21. The van der Waals surface area contributed by atoms with Gasteiger partial charge in [0.25, 0.3) is 0 Å². The van der Waals surface area contributed by atoms with Gasteiger partial charge in [0.1, 0.15) is 5.75 Å². The Labute approximate surface area is 102 Å². The molecule has 0 spiro atoms. The summed E-state index contributed by atoms with van der Waals surface area (Å²) in [4.78, 5) is 2.37. The Morgan fingerprint density at radius 3 is 2.82 bits per heavy atom. The van der Waals surface area contributed by atoms with Crippen molar-refractivity contribution in [3.8, 4) is 5.75 Å². The van der Waals surface area contributed by atoms with Gasteiger partial charge in [-0.2, -0.15) is 0 Å². The summed E-state index contributed by atoms with van der Waals surface area (Å²) in [6.45, 7) is 4.09. The number of hydrogen-bond donors (Lipinski definition) is 1. The van der Waals surface area contributed by atoms with Gasteiger partial charge in [0, 0.05) is 25.7 Å². The highest BCUT2D eigenvalue weighted by molar-refractivity contribution is 5.30. The van der Waals surface area contributed by atoms with Crippen molar-refractivity contribution < 1.29 is 9.47 Å². The molecule has 17 heavy (non-hydrogen) atoms. The Hall–Kier alpha value is -1.10. The van der Waals surface area contributed by atoms with Crippen molar-refractivity contribution >= 4 is 0 Å². The van der Waals surface area contributed by atoms with Crippen molar-refractivity contribution in [3.05, 3.63) is 29.8 Å². The lowest BCUT2D eigenvalue weighted by molar-refractivity contribution is 0.0178. The van der Waals surface area contributed by atoms with Gasteiger partial charge in [0.05, 0.1) is 20.3 Å². The van der Waals surface area contributed by atoms with Gasteiger partial charge in [0.2, 0.25) is 0 Å². The normalized spacial score (nSPS) is 18.9. The van der Waals surface area contributed by atoms with E-state index in [2.05, 4.69) is 17.0 Å². The minimum atomic E-state index is 0.258. The van der Waals surface area contributed by atoms with Crippen LogP contribution < -0.4 is 10.5 Å². The summed E-state index contributed by atoms with van der Waals surface area (Å²) in [7, 11) is 1.69. The van der Waals surface area contributed by atoms with Crippen LogP contribution in [0.25, 0.3) is 0 Å². The molecule has 4 nitrogen and oxygen atoms in total. The number of nitrogens with zero attached hydrogens (tertiary/aromatic N) is 1. The first-order valence-electron chi connectivity index (χ1n) is 6.01. The lowest BCUT2D eigenvalue weighted by atomic mass is 10.0. The van der Waals surface area contributed by atoms with E-state index in [4.69, 9.17) is 15.2 Å². The van der Waals surface area contributed by atoms with Gasteiger partial charge in [-0.15, -0.1) is 0 Å². The maximum Gasteiger partial charge on any atom is 0.119 e. The molecule has 1 fully saturated rings. The standard InChI is InChI=1S/C13H20N2O2/c1-16-12-4-2-3-11(9-12)13(10-14)15-5-7-17-8-6-15/h2-4,9,13H,5-8,10,14H2,1H3. The Morgan fingerprint density at radius 1 is 1.41 bits per heavy atom. The number of rotatable bonds is 4. The lowest BCUT2D eigenvalue weighted by Crippen LogP contribution is -2.41. The van der Waals surface area contributed by atoms with E-state index in [1.807, 2.05) is 12.1 Å². The van der Waals surface area contributed by atoms with Gasteiger partial charge in [-0.1, -0.05) is 12.1 Å². The van der Waals surface area contributed by atoms with Crippen molar-refractivity contribution in [1.29, 1.82) is 0 Å². The Balaban J connectivity index is 2.15. The number of benzene rings is 1. The molecular formula is C13H20N2O2. The van der Waals surface area contributed by atoms with E-state index in [0.29, 0.717) is 6.54 Å². The zero-order valence-electron chi connectivity index (χ0n) is 10.3. The third kappa shape index (κ3) is 2.97. The number of methoxy groups -OCH3 is 1. The predicted molar refractivity (Wildman–Crippen MR) is 67.2 cm³/mol. The van der Waals surface area contributed by atoms with Gasteiger partial charge in [-0.3, -0.25) is 4.90 Å². The molecule has 0 saturated carbocycles. The fraction of sp³-hybridized carbons (Fsp3) is 0.538. The molecule has 1 atom stereocenters. The smallest absolute Gasteiger partial charge is 0.119 e. The molecule has 1 aromatic carbocycles. The van der Waals surface area contributed by atoms with Crippen LogP contribution in [0.5, 0.6) is 5.75 Å². The maximum absolute atomic E-state index is 5.90. The molecule has 0 amide bonds. The van der Waals surface area contributed by atoms with Crippen molar-refractivity contribution in [1.82, 2.24) is 4.90 Å². The quantitative estimate of drug-likeness (QED) is 0.848. The second-order valence-corrected chi connectivity index (χ2v) is 4.18. The molecule has 1 saturated heterocycles. The number of hydrogen-bond acceptors (Lipinski definition) is 4. The molecule has 2 rings (SSSR count). The Kier molecular flexibility index (Phi) is 4.36. The van der Waals surface area contributed by atoms with E-state index in [-0.39, 0.29) is 6.04 Å². The summed E-state index contributed by atoms with van der Waals surface area (Å²) in [6.07, 6.45) is 0. The second kappa shape index (κ2) is 6.00. The van der Waals surface area contributed by atoms with Crippen LogP contribution in [-0.2, 0) is 4.74 Å². The van der Waals surface area contributed by atoms with Gasteiger partial charge >= 0.3 is 0 Å². The first kappa shape index (κ1) is 12.4. The lowest BCUT2D eigenvalue weighted by Gasteiger charge is -2.34. The number of morpholine rings is 1. The zero-order chi connectivity index (χ0) is 12.1. The first-order chi connectivity index (χ1) is 8.35. The molecule has 1 aliphatic heterocycles. The fourth-order valence-electron chi connectivity index (χ4n) is 2.23. The molecule has 2 N–H and O–H groups in total. The average molecular weight is 236 g/mol. The molecule has 94 valence electrons. The Bertz CT molecular complexity index is 351. The van der Waals surface area contributed by atoms with Crippen LogP contribution in [-0.4, -0.2) is 44.9 Å². The van der Waals surface area contributed by atoms with E-state index in [1.54, 1.807) is 7.11 Å². The molecule has 1 aliphatic rings. The van der Waals surface area contributed by atoms with Crippen LogP contribution >= 0.6 is 0 Å². The fourth-order valence-corrected chi connectivity index (χ4v) is 2.23. The van der Waals surface area contributed by atoms with E-state index in [9.17, 15) is 0 Å². The topological polar surface area (TPSA) is 47.7 Å². The Morgan fingerprint density at radius 2 is 2.18 bits per heavy atom. The zero-order valence-corrected chi connectivity index (χ0v) is 10.3. The molecule has 0 aromatic heterocycles. The second-order valence-electron chi connectivity index (χ2n) is 4.18. The summed E-state index contributed by atoms with van der Waals surface area (Å²) < 4.78 is 10.6. The number of nitrogens with two attached hydrogens (primary N) is 1. The van der Waals surface area contributed by atoms with Crippen LogP contribution in [0.1, 0.15) is 11.6 Å². The van der Waals surface area contributed by atoms with Crippen LogP contribution in [0.3, 0.4) is 0 Å². The SMILES string of the molecule is COc1cccc(C(CN)N2CCOCC2)c1. The van der Waals surface area contributed by atoms with Crippen LogP contribution in [0.15, 0.2) is 24.3 Å². The van der Waals surface area contributed by atoms with E-state index < -0.39 is 0 Å². The summed E-state index contributed by atoms with van der Waals surface area (Å²) in [5, 5.41) is 0. The largest absolute Gasteiger partial charge is 0.497 e. The van der Waals surface area contributed by atoms with Gasteiger partial charge in [0.15, 0.2) is 0 Å². The van der Waals surface area contributed by atoms with Gasteiger partial charge in [-0.25, -0.2) is 0 Å². The van der Waals surface area contributed by atoms with Crippen LogP contribution in [0.2, 0.25) is 0 Å². The van der Waals surface area contributed by atoms with Gasteiger partial charge in [-0.05, 0) is 17.7 Å². The number of ether oxygens (including phenoxy) is 2. The summed E-state index contributed by atoms with van der Waals surface area (Å²) in [5.41, 5.74) is 7.12. The summed E-state index contributed by atoms with van der Waals surface area (Å²) >= 11 is 0. The van der Waals surface area contributed by atoms with E-state index in [1.165, 1.54) is 5.56 Å². The third-order valence-corrected chi connectivity index (χ3v) is 3.19. The molecule has 1 heterocycles. The molecule has 0 radical (unpaired) electrons. The van der Waals surface area contributed by atoms with Crippen molar-refractivity contribution in [3.63, 3.8) is 0 Å². The molecule has 0 aliphatic carbocycles. The highest BCUT2D eigenvalue weighted by Crippen LogP contribution is 2.24. The van der Waals surface area contributed by atoms with Crippen molar-refractivity contribution in [2.75, 3.05) is 40.0 Å². The summed E-state index contributed by atoms with van der Waals surface area (Å²) in [5.74, 6) is 0.884. The van der Waals surface area contributed by atoms with E-state index >= 15 is 0 Å². The molecule has 0 bridgehead atoms.